The molecule has 0 saturated heterocycles. The van der Waals surface area contributed by atoms with Gasteiger partial charge in [0.2, 0.25) is 0 Å². The van der Waals surface area contributed by atoms with E-state index in [1.54, 1.807) is 36.8 Å². The summed E-state index contributed by atoms with van der Waals surface area (Å²) < 4.78 is 5.20. The summed E-state index contributed by atoms with van der Waals surface area (Å²) in [5, 5.41) is 12.8. The number of ether oxygens (including phenoxy) is 1. The number of nitrogens with zero attached hydrogens (tertiary/aromatic N) is 3. The van der Waals surface area contributed by atoms with E-state index in [1.165, 1.54) is 0 Å². The Morgan fingerprint density at radius 2 is 1.79 bits per heavy atom. The summed E-state index contributed by atoms with van der Waals surface area (Å²) in [7, 11) is 3.43. The standard InChI is InChI=1S/C20H25N5OS2.HI/c1-13(2)17-12-27-18(25-17)10-23-20(21-3)22-9-15-11-28-19(24-15)14-5-7-16(26-4)8-6-14;/h5-8,11-13H,9-10H2,1-4H3,(H2,21,22,23);1H. The van der Waals surface area contributed by atoms with Gasteiger partial charge in [0.1, 0.15) is 15.8 Å². The van der Waals surface area contributed by atoms with Crippen LogP contribution in [0.3, 0.4) is 0 Å². The number of rotatable bonds is 7. The van der Waals surface area contributed by atoms with Crippen LogP contribution < -0.4 is 15.4 Å². The van der Waals surface area contributed by atoms with Gasteiger partial charge in [-0.15, -0.1) is 46.7 Å². The van der Waals surface area contributed by atoms with Crippen molar-refractivity contribution in [2.24, 2.45) is 4.99 Å². The van der Waals surface area contributed by atoms with E-state index in [2.05, 4.69) is 45.2 Å². The molecule has 0 radical (unpaired) electrons. The smallest absolute Gasteiger partial charge is 0.191 e. The molecule has 29 heavy (non-hydrogen) atoms. The number of guanidine groups is 1. The quantitative estimate of drug-likeness (QED) is 0.253. The van der Waals surface area contributed by atoms with E-state index < -0.39 is 0 Å². The van der Waals surface area contributed by atoms with Crippen LogP contribution in [-0.4, -0.2) is 30.1 Å². The lowest BCUT2D eigenvalue weighted by molar-refractivity contribution is 0.415. The topological polar surface area (TPSA) is 71.4 Å². The van der Waals surface area contributed by atoms with E-state index in [0.29, 0.717) is 19.0 Å². The Balaban J connectivity index is 0.00000300. The SMILES string of the molecule is CN=C(NCc1csc(-c2ccc(OC)cc2)n1)NCc1nc(C(C)C)cs1.I. The first-order valence-electron chi connectivity index (χ1n) is 9.06. The summed E-state index contributed by atoms with van der Waals surface area (Å²) in [6.07, 6.45) is 0. The summed E-state index contributed by atoms with van der Waals surface area (Å²) in [6, 6.07) is 7.94. The molecule has 0 amide bonds. The van der Waals surface area contributed by atoms with Crippen molar-refractivity contribution in [2.75, 3.05) is 14.2 Å². The monoisotopic (exact) mass is 543 g/mol. The van der Waals surface area contributed by atoms with Crippen molar-refractivity contribution in [2.45, 2.75) is 32.9 Å². The molecule has 2 N–H and O–H groups in total. The van der Waals surface area contributed by atoms with Crippen molar-refractivity contribution in [1.82, 2.24) is 20.6 Å². The number of thiazole rings is 2. The second-order valence-electron chi connectivity index (χ2n) is 6.47. The van der Waals surface area contributed by atoms with Crippen LogP contribution in [0, 0.1) is 0 Å². The van der Waals surface area contributed by atoms with Gasteiger partial charge in [0.15, 0.2) is 5.96 Å². The largest absolute Gasteiger partial charge is 0.497 e. The summed E-state index contributed by atoms with van der Waals surface area (Å²) >= 11 is 3.30. The Morgan fingerprint density at radius 3 is 2.41 bits per heavy atom. The molecule has 9 heteroatoms. The number of methoxy groups -OCH3 is 1. The van der Waals surface area contributed by atoms with E-state index in [4.69, 9.17) is 9.72 Å². The molecule has 156 valence electrons. The van der Waals surface area contributed by atoms with Crippen molar-refractivity contribution < 1.29 is 4.74 Å². The number of hydrogen-bond donors (Lipinski definition) is 2. The van der Waals surface area contributed by atoms with Crippen molar-refractivity contribution >= 4 is 52.6 Å². The third kappa shape index (κ3) is 6.65. The van der Waals surface area contributed by atoms with Crippen LogP contribution in [0.1, 0.15) is 36.2 Å². The molecule has 2 aromatic heterocycles. The number of benzene rings is 1. The van der Waals surface area contributed by atoms with Gasteiger partial charge in [0, 0.05) is 23.4 Å². The highest BCUT2D eigenvalue weighted by Crippen LogP contribution is 2.25. The number of aromatic nitrogens is 2. The van der Waals surface area contributed by atoms with Crippen LogP contribution in [0.15, 0.2) is 40.0 Å². The Bertz CT molecular complexity index is 921. The first-order valence-corrected chi connectivity index (χ1v) is 10.8. The first-order chi connectivity index (χ1) is 13.6. The fraction of sp³-hybridized carbons (Fsp3) is 0.350. The summed E-state index contributed by atoms with van der Waals surface area (Å²) in [6.45, 7) is 5.58. The first kappa shape index (κ1) is 23.6. The minimum atomic E-state index is 0. The summed E-state index contributed by atoms with van der Waals surface area (Å²) in [4.78, 5) is 13.6. The van der Waals surface area contributed by atoms with Gasteiger partial charge >= 0.3 is 0 Å². The van der Waals surface area contributed by atoms with E-state index in [1.807, 2.05) is 24.3 Å². The zero-order valence-corrected chi connectivity index (χ0v) is 20.9. The minimum absolute atomic E-state index is 0. The van der Waals surface area contributed by atoms with Gasteiger partial charge in [-0.2, -0.15) is 0 Å². The molecule has 0 aliphatic rings. The molecule has 3 rings (SSSR count). The highest BCUT2D eigenvalue weighted by Gasteiger charge is 2.08. The molecular weight excluding hydrogens is 517 g/mol. The molecule has 0 aliphatic heterocycles. The lowest BCUT2D eigenvalue weighted by Crippen LogP contribution is -2.36. The predicted octanol–water partition coefficient (Wildman–Crippen LogP) is 4.88. The Hall–Kier alpha value is -1.72. The third-order valence-electron chi connectivity index (χ3n) is 4.12. The molecule has 0 fully saturated rings. The zero-order chi connectivity index (χ0) is 19.9. The minimum Gasteiger partial charge on any atom is -0.497 e. The maximum absolute atomic E-state index is 5.20. The average molecular weight is 544 g/mol. The molecule has 6 nitrogen and oxygen atoms in total. The summed E-state index contributed by atoms with van der Waals surface area (Å²) in [5.41, 5.74) is 3.21. The van der Waals surface area contributed by atoms with Gasteiger partial charge in [0.25, 0.3) is 0 Å². The molecule has 1 aromatic carbocycles. The van der Waals surface area contributed by atoms with Crippen molar-refractivity contribution in [3.63, 3.8) is 0 Å². The van der Waals surface area contributed by atoms with Crippen molar-refractivity contribution in [3.8, 4) is 16.3 Å². The maximum Gasteiger partial charge on any atom is 0.191 e. The Kier molecular flexibility index (Phi) is 9.31. The van der Waals surface area contributed by atoms with Gasteiger partial charge in [0.05, 0.1) is 31.6 Å². The van der Waals surface area contributed by atoms with Crippen LogP contribution in [-0.2, 0) is 13.1 Å². The van der Waals surface area contributed by atoms with Gasteiger partial charge in [-0.3, -0.25) is 4.99 Å². The number of aliphatic imine (C=N–C) groups is 1. The van der Waals surface area contributed by atoms with Crippen LogP contribution in [0.4, 0.5) is 0 Å². The van der Waals surface area contributed by atoms with Crippen molar-refractivity contribution in [3.05, 3.63) is 51.4 Å². The maximum atomic E-state index is 5.20. The Labute approximate surface area is 196 Å². The normalized spacial score (nSPS) is 11.3. The zero-order valence-electron chi connectivity index (χ0n) is 16.9. The molecule has 0 unspecified atom stereocenters. The average Bonchev–Trinajstić information content (AvgIpc) is 3.38. The van der Waals surface area contributed by atoms with Crippen LogP contribution in [0.25, 0.3) is 10.6 Å². The van der Waals surface area contributed by atoms with Gasteiger partial charge in [-0.25, -0.2) is 9.97 Å². The second kappa shape index (κ2) is 11.5. The molecular formula is C20H26IN5OS2. The van der Waals surface area contributed by atoms with E-state index >= 15 is 0 Å². The Morgan fingerprint density at radius 1 is 1.07 bits per heavy atom. The number of hydrogen-bond acceptors (Lipinski definition) is 6. The van der Waals surface area contributed by atoms with E-state index in [-0.39, 0.29) is 24.0 Å². The molecule has 0 atom stereocenters. The fourth-order valence-corrected chi connectivity index (χ4v) is 4.20. The fourth-order valence-electron chi connectivity index (χ4n) is 2.48. The van der Waals surface area contributed by atoms with Gasteiger partial charge in [-0.05, 0) is 30.2 Å². The van der Waals surface area contributed by atoms with E-state index in [0.717, 1.165) is 38.7 Å². The highest BCUT2D eigenvalue weighted by atomic mass is 127. The van der Waals surface area contributed by atoms with Crippen LogP contribution >= 0.6 is 46.7 Å². The molecule has 0 aliphatic carbocycles. The van der Waals surface area contributed by atoms with E-state index in [9.17, 15) is 0 Å². The lowest BCUT2D eigenvalue weighted by atomic mass is 10.2. The van der Waals surface area contributed by atoms with Crippen LogP contribution in [0.2, 0.25) is 0 Å². The molecule has 0 spiro atoms. The second-order valence-corrected chi connectivity index (χ2v) is 8.27. The molecule has 3 aromatic rings. The number of halogens is 1. The third-order valence-corrected chi connectivity index (χ3v) is 5.92. The van der Waals surface area contributed by atoms with Crippen LogP contribution in [0.5, 0.6) is 5.75 Å². The lowest BCUT2D eigenvalue weighted by Gasteiger charge is -2.09. The predicted molar refractivity (Wildman–Crippen MR) is 133 cm³/mol. The highest BCUT2D eigenvalue weighted by molar-refractivity contribution is 14.0. The van der Waals surface area contributed by atoms with Gasteiger partial charge in [-0.1, -0.05) is 13.8 Å². The van der Waals surface area contributed by atoms with Crippen molar-refractivity contribution in [1.29, 1.82) is 0 Å². The number of nitrogens with one attached hydrogen (secondary N) is 2. The molecule has 2 heterocycles. The molecule has 0 saturated carbocycles. The summed E-state index contributed by atoms with van der Waals surface area (Å²) in [5.74, 6) is 2.03. The molecule has 0 bridgehead atoms. The van der Waals surface area contributed by atoms with Gasteiger partial charge < -0.3 is 15.4 Å².